The van der Waals surface area contributed by atoms with Gasteiger partial charge in [0, 0.05) is 45.2 Å². The third-order valence-corrected chi connectivity index (χ3v) is 4.99. The van der Waals surface area contributed by atoms with E-state index in [0.717, 1.165) is 51.9 Å². The molecule has 0 radical (unpaired) electrons. The highest BCUT2D eigenvalue weighted by Crippen LogP contribution is 2.14. The van der Waals surface area contributed by atoms with Crippen molar-refractivity contribution in [3.8, 4) is 0 Å². The van der Waals surface area contributed by atoms with E-state index >= 15 is 0 Å². The van der Waals surface area contributed by atoms with Gasteiger partial charge in [0.2, 0.25) is 5.91 Å². The van der Waals surface area contributed by atoms with Crippen LogP contribution in [0, 0.1) is 0 Å². The molecule has 2 aliphatic rings. The van der Waals surface area contributed by atoms with E-state index in [1.165, 1.54) is 12.8 Å². The molecule has 23 heavy (non-hydrogen) atoms. The molecule has 0 aromatic heterocycles. The normalized spacial score (nSPS) is 22.8. The lowest BCUT2D eigenvalue weighted by Gasteiger charge is -2.36. The number of carbonyl (C=O) groups excluding carboxylic acids is 2. The van der Waals surface area contributed by atoms with Gasteiger partial charge in [0.25, 0.3) is 0 Å². The highest BCUT2D eigenvalue weighted by atomic mass is 16.2. The summed E-state index contributed by atoms with van der Waals surface area (Å²) in [6.45, 7) is 3.79. The van der Waals surface area contributed by atoms with E-state index in [4.69, 9.17) is 0 Å². The van der Waals surface area contributed by atoms with Crippen LogP contribution < -0.4 is 5.32 Å². The second-order valence-corrected chi connectivity index (χ2v) is 6.98. The van der Waals surface area contributed by atoms with Crippen LogP contribution in [0.15, 0.2) is 0 Å². The zero-order valence-electron chi connectivity index (χ0n) is 14.7. The minimum Gasteiger partial charge on any atom is -0.343 e. The second kappa shape index (κ2) is 9.11. The van der Waals surface area contributed by atoms with E-state index in [1.54, 1.807) is 0 Å². The molecule has 2 heterocycles. The number of nitrogens with one attached hydrogen (secondary N) is 1. The molecule has 1 N–H and O–H groups in total. The second-order valence-electron chi connectivity index (χ2n) is 6.98. The largest absolute Gasteiger partial charge is 0.343 e. The fourth-order valence-corrected chi connectivity index (χ4v) is 3.43. The zero-order valence-corrected chi connectivity index (χ0v) is 14.7. The van der Waals surface area contributed by atoms with Gasteiger partial charge < -0.3 is 20.0 Å². The van der Waals surface area contributed by atoms with Crippen LogP contribution in [0.5, 0.6) is 0 Å². The van der Waals surface area contributed by atoms with E-state index in [-0.39, 0.29) is 11.9 Å². The first kappa shape index (κ1) is 18.0. The molecule has 0 saturated carbocycles. The zero-order chi connectivity index (χ0) is 16.7. The van der Waals surface area contributed by atoms with Crippen LogP contribution in [0.1, 0.15) is 44.9 Å². The van der Waals surface area contributed by atoms with Crippen LogP contribution in [0.4, 0.5) is 4.79 Å². The van der Waals surface area contributed by atoms with Crippen LogP contribution in [-0.2, 0) is 4.79 Å². The van der Waals surface area contributed by atoms with Gasteiger partial charge in [0.1, 0.15) is 0 Å². The van der Waals surface area contributed by atoms with Gasteiger partial charge in [-0.25, -0.2) is 4.79 Å². The molecule has 2 aliphatic heterocycles. The molecule has 0 spiro atoms. The van der Waals surface area contributed by atoms with E-state index in [0.29, 0.717) is 19.0 Å². The summed E-state index contributed by atoms with van der Waals surface area (Å²) in [5.41, 5.74) is 0. The summed E-state index contributed by atoms with van der Waals surface area (Å²) in [5.74, 6) is 0.178. The highest BCUT2D eigenvalue weighted by Gasteiger charge is 2.24. The van der Waals surface area contributed by atoms with Gasteiger partial charge in [-0.05, 0) is 39.8 Å². The minimum atomic E-state index is -0.0276. The SMILES string of the molecule is CN(C)[C@H]1CCCN(C(=O)NCCC(=O)N2CCCCCC2)C1. The summed E-state index contributed by atoms with van der Waals surface area (Å²) in [5, 5.41) is 2.92. The molecule has 1 atom stereocenters. The molecule has 0 aromatic carbocycles. The van der Waals surface area contributed by atoms with E-state index < -0.39 is 0 Å². The van der Waals surface area contributed by atoms with Crippen LogP contribution in [0.25, 0.3) is 0 Å². The maximum absolute atomic E-state index is 12.3. The van der Waals surface area contributed by atoms with Gasteiger partial charge in [-0.1, -0.05) is 12.8 Å². The number of amides is 3. The van der Waals surface area contributed by atoms with Gasteiger partial charge in [-0.2, -0.15) is 0 Å². The number of nitrogens with zero attached hydrogens (tertiary/aromatic N) is 3. The Morgan fingerprint density at radius 3 is 2.30 bits per heavy atom. The monoisotopic (exact) mass is 324 g/mol. The average molecular weight is 324 g/mol. The number of hydrogen-bond donors (Lipinski definition) is 1. The third-order valence-electron chi connectivity index (χ3n) is 4.99. The first-order chi connectivity index (χ1) is 11.1. The van der Waals surface area contributed by atoms with Crippen molar-refractivity contribution in [2.45, 2.75) is 51.0 Å². The van der Waals surface area contributed by atoms with Crippen LogP contribution in [-0.4, -0.2) is 79.5 Å². The van der Waals surface area contributed by atoms with Crippen molar-refractivity contribution < 1.29 is 9.59 Å². The number of hydrogen-bond acceptors (Lipinski definition) is 3. The molecule has 2 rings (SSSR count). The van der Waals surface area contributed by atoms with Crippen LogP contribution in [0.2, 0.25) is 0 Å². The van der Waals surface area contributed by atoms with Crippen molar-refractivity contribution in [2.75, 3.05) is 46.8 Å². The molecule has 0 bridgehead atoms. The topological polar surface area (TPSA) is 55.9 Å². The molecular formula is C17H32N4O2. The van der Waals surface area contributed by atoms with E-state index in [2.05, 4.69) is 24.3 Å². The molecule has 3 amide bonds. The summed E-state index contributed by atoms with van der Waals surface area (Å²) in [6, 6.07) is 0.411. The minimum absolute atomic E-state index is 0.0276. The number of rotatable bonds is 4. The van der Waals surface area contributed by atoms with Crippen molar-refractivity contribution in [2.24, 2.45) is 0 Å². The van der Waals surface area contributed by atoms with Gasteiger partial charge in [0.15, 0.2) is 0 Å². The Balaban J connectivity index is 1.68. The molecule has 132 valence electrons. The number of likely N-dealkylation sites (tertiary alicyclic amines) is 2. The Hall–Kier alpha value is -1.30. The van der Waals surface area contributed by atoms with Crippen molar-refractivity contribution in [3.63, 3.8) is 0 Å². The first-order valence-corrected chi connectivity index (χ1v) is 9.05. The Kier molecular flexibility index (Phi) is 7.15. The van der Waals surface area contributed by atoms with E-state index in [1.807, 2.05) is 9.80 Å². The lowest BCUT2D eigenvalue weighted by molar-refractivity contribution is -0.131. The predicted molar refractivity (Wildman–Crippen MR) is 91.3 cm³/mol. The maximum Gasteiger partial charge on any atom is 0.317 e. The average Bonchev–Trinajstić information content (AvgIpc) is 2.84. The lowest BCUT2D eigenvalue weighted by atomic mass is 10.1. The smallest absolute Gasteiger partial charge is 0.317 e. The third kappa shape index (κ3) is 5.68. The summed E-state index contributed by atoms with van der Waals surface area (Å²) >= 11 is 0. The van der Waals surface area contributed by atoms with Crippen molar-refractivity contribution in [1.29, 1.82) is 0 Å². The van der Waals surface area contributed by atoms with Crippen molar-refractivity contribution in [3.05, 3.63) is 0 Å². The number of urea groups is 1. The molecule has 6 heteroatoms. The van der Waals surface area contributed by atoms with Gasteiger partial charge in [-0.3, -0.25) is 4.79 Å². The van der Waals surface area contributed by atoms with Gasteiger partial charge >= 0.3 is 6.03 Å². The molecular weight excluding hydrogens is 292 g/mol. The molecule has 0 unspecified atom stereocenters. The fraction of sp³-hybridized carbons (Fsp3) is 0.882. The first-order valence-electron chi connectivity index (χ1n) is 9.05. The summed E-state index contributed by atoms with van der Waals surface area (Å²) in [6.07, 6.45) is 7.27. The predicted octanol–water partition coefficient (Wildman–Crippen LogP) is 1.51. The highest BCUT2D eigenvalue weighted by molar-refractivity contribution is 5.78. The Morgan fingerprint density at radius 2 is 1.65 bits per heavy atom. The van der Waals surface area contributed by atoms with Crippen LogP contribution >= 0.6 is 0 Å². The van der Waals surface area contributed by atoms with E-state index in [9.17, 15) is 9.59 Å². The quantitative estimate of drug-likeness (QED) is 0.853. The summed E-state index contributed by atoms with van der Waals surface area (Å²) < 4.78 is 0. The lowest BCUT2D eigenvalue weighted by Crippen LogP contribution is -2.51. The summed E-state index contributed by atoms with van der Waals surface area (Å²) in [7, 11) is 4.12. The van der Waals surface area contributed by atoms with Crippen molar-refractivity contribution >= 4 is 11.9 Å². The van der Waals surface area contributed by atoms with Gasteiger partial charge in [0.05, 0.1) is 0 Å². The molecule has 2 saturated heterocycles. The fourth-order valence-electron chi connectivity index (χ4n) is 3.43. The number of likely N-dealkylation sites (N-methyl/N-ethyl adjacent to an activating group) is 1. The summed E-state index contributed by atoms with van der Waals surface area (Å²) in [4.78, 5) is 30.5. The Morgan fingerprint density at radius 1 is 1.00 bits per heavy atom. The number of carbonyl (C=O) groups is 2. The van der Waals surface area contributed by atoms with Crippen LogP contribution in [0.3, 0.4) is 0 Å². The van der Waals surface area contributed by atoms with Crippen molar-refractivity contribution in [1.82, 2.24) is 20.0 Å². The van der Waals surface area contributed by atoms with Gasteiger partial charge in [-0.15, -0.1) is 0 Å². The Bertz CT molecular complexity index is 392. The Labute approximate surface area is 140 Å². The molecule has 0 aliphatic carbocycles. The molecule has 2 fully saturated rings. The molecule has 6 nitrogen and oxygen atoms in total. The molecule has 0 aromatic rings. The number of piperidine rings is 1. The standard InChI is InChI=1S/C17H32N4O2/c1-19(2)15-8-7-13-21(14-15)17(23)18-10-9-16(22)20-11-5-3-4-6-12-20/h15H,3-14H2,1-2H3,(H,18,23)/t15-/m0/s1. The maximum atomic E-state index is 12.3.